The van der Waals surface area contributed by atoms with Crippen molar-refractivity contribution in [1.29, 1.82) is 0 Å². The molecule has 6 heteroatoms. The number of hydrogen-bond donors (Lipinski definition) is 0. The third-order valence-corrected chi connectivity index (χ3v) is 3.82. The van der Waals surface area contributed by atoms with Crippen LogP contribution in [0.15, 0.2) is 33.5 Å². The molecule has 0 saturated heterocycles. The van der Waals surface area contributed by atoms with Crippen LogP contribution >= 0.6 is 31.9 Å². The molecule has 0 fully saturated rings. The zero-order valence-electron chi connectivity index (χ0n) is 10.3. The van der Waals surface area contributed by atoms with Gasteiger partial charge < -0.3 is 9.30 Å². The van der Waals surface area contributed by atoms with E-state index in [1.807, 2.05) is 10.8 Å². The Bertz CT molecular complexity index is 573. The number of carbonyl (C=O) groups is 1. The second-order valence-electron chi connectivity index (χ2n) is 3.85. The van der Waals surface area contributed by atoms with E-state index in [0.29, 0.717) is 17.9 Å². The molecule has 0 aliphatic heterocycles. The summed E-state index contributed by atoms with van der Waals surface area (Å²) in [6.45, 7) is 3.28. The second kappa shape index (κ2) is 6.34. The normalized spacial score (nSPS) is 10.5. The molecule has 0 amide bonds. The van der Waals surface area contributed by atoms with Gasteiger partial charge in [-0.15, -0.1) is 0 Å². The first kappa shape index (κ1) is 14.3. The van der Waals surface area contributed by atoms with Crippen LogP contribution in [-0.4, -0.2) is 15.8 Å². The molecule has 100 valence electrons. The van der Waals surface area contributed by atoms with E-state index >= 15 is 0 Å². The molecule has 0 saturated carbocycles. The highest BCUT2D eigenvalue weighted by Crippen LogP contribution is 2.34. The standard InChI is InChI=1S/C13H12Br2N2O2/c1-2-17-4-3-16-12(17)8-19-13-10(14)5-9(7-18)6-11(13)15/h3-7H,2,8H2,1H3. The van der Waals surface area contributed by atoms with Gasteiger partial charge in [-0.2, -0.15) is 0 Å². The first-order chi connectivity index (χ1) is 9.15. The lowest BCUT2D eigenvalue weighted by molar-refractivity contribution is 0.112. The highest BCUT2D eigenvalue weighted by Gasteiger charge is 2.10. The molecule has 19 heavy (non-hydrogen) atoms. The summed E-state index contributed by atoms with van der Waals surface area (Å²) in [6.07, 6.45) is 4.46. The molecule has 1 aromatic heterocycles. The smallest absolute Gasteiger partial charge is 0.150 e. The topological polar surface area (TPSA) is 44.1 Å². The van der Waals surface area contributed by atoms with Crippen molar-refractivity contribution in [2.75, 3.05) is 0 Å². The SMILES string of the molecule is CCn1ccnc1COc1c(Br)cc(C=O)cc1Br. The summed E-state index contributed by atoms with van der Waals surface area (Å²) in [6, 6.07) is 3.44. The van der Waals surface area contributed by atoms with Gasteiger partial charge in [0.1, 0.15) is 24.5 Å². The third-order valence-electron chi connectivity index (χ3n) is 2.64. The quantitative estimate of drug-likeness (QED) is 0.732. The lowest BCUT2D eigenvalue weighted by Gasteiger charge is -2.11. The number of carbonyl (C=O) groups excluding carboxylic acids is 1. The Hall–Kier alpha value is -1.14. The predicted molar refractivity (Wildman–Crippen MR) is 79.5 cm³/mol. The van der Waals surface area contributed by atoms with Gasteiger partial charge in [0, 0.05) is 24.5 Å². The summed E-state index contributed by atoms with van der Waals surface area (Å²) >= 11 is 6.80. The molecule has 1 heterocycles. The van der Waals surface area contributed by atoms with E-state index in [1.54, 1.807) is 18.3 Å². The van der Waals surface area contributed by atoms with Gasteiger partial charge in [0.25, 0.3) is 0 Å². The van der Waals surface area contributed by atoms with Crippen LogP contribution in [0, 0.1) is 0 Å². The summed E-state index contributed by atoms with van der Waals surface area (Å²) in [7, 11) is 0. The monoisotopic (exact) mass is 386 g/mol. The molecule has 2 rings (SSSR count). The van der Waals surface area contributed by atoms with Crippen LogP contribution in [0.5, 0.6) is 5.75 Å². The van der Waals surface area contributed by atoms with Gasteiger partial charge in [-0.25, -0.2) is 4.98 Å². The average Bonchev–Trinajstić information content (AvgIpc) is 2.85. The second-order valence-corrected chi connectivity index (χ2v) is 5.56. The minimum Gasteiger partial charge on any atom is -0.483 e. The first-order valence-electron chi connectivity index (χ1n) is 5.72. The molecule has 0 N–H and O–H groups in total. The summed E-state index contributed by atoms with van der Waals surface area (Å²) in [5, 5.41) is 0. The van der Waals surface area contributed by atoms with Crippen molar-refractivity contribution < 1.29 is 9.53 Å². The van der Waals surface area contributed by atoms with Crippen LogP contribution in [-0.2, 0) is 13.2 Å². The molecule has 0 unspecified atom stereocenters. The van der Waals surface area contributed by atoms with Crippen LogP contribution in [0.3, 0.4) is 0 Å². The van der Waals surface area contributed by atoms with Gasteiger partial charge in [-0.1, -0.05) is 0 Å². The fraction of sp³-hybridized carbons (Fsp3) is 0.231. The maximum Gasteiger partial charge on any atom is 0.150 e. The van der Waals surface area contributed by atoms with E-state index < -0.39 is 0 Å². The van der Waals surface area contributed by atoms with Crippen molar-refractivity contribution in [2.24, 2.45) is 0 Å². The van der Waals surface area contributed by atoms with Crippen molar-refractivity contribution in [3.63, 3.8) is 0 Å². The number of halogens is 2. The number of aryl methyl sites for hydroxylation is 1. The van der Waals surface area contributed by atoms with Crippen molar-refractivity contribution in [2.45, 2.75) is 20.1 Å². The molecule has 0 radical (unpaired) electrons. The van der Waals surface area contributed by atoms with Crippen molar-refractivity contribution >= 4 is 38.1 Å². The Morgan fingerprint density at radius 1 is 1.37 bits per heavy atom. The molecule has 0 aliphatic rings. The van der Waals surface area contributed by atoms with Crippen LogP contribution in [0.1, 0.15) is 23.1 Å². The summed E-state index contributed by atoms with van der Waals surface area (Å²) in [4.78, 5) is 15.0. The van der Waals surface area contributed by atoms with Gasteiger partial charge >= 0.3 is 0 Å². The molecular formula is C13H12Br2N2O2. The van der Waals surface area contributed by atoms with Crippen molar-refractivity contribution in [1.82, 2.24) is 9.55 Å². The van der Waals surface area contributed by atoms with Gasteiger partial charge in [0.2, 0.25) is 0 Å². The van der Waals surface area contributed by atoms with Gasteiger partial charge in [-0.3, -0.25) is 4.79 Å². The highest BCUT2D eigenvalue weighted by molar-refractivity contribution is 9.11. The van der Waals surface area contributed by atoms with Gasteiger partial charge in [0.05, 0.1) is 8.95 Å². The van der Waals surface area contributed by atoms with E-state index in [4.69, 9.17) is 4.74 Å². The number of rotatable bonds is 5. The maximum atomic E-state index is 10.8. The Labute approximate surface area is 128 Å². The molecule has 0 aliphatic carbocycles. The Morgan fingerprint density at radius 3 is 2.63 bits per heavy atom. The molecular weight excluding hydrogens is 376 g/mol. The fourth-order valence-corrected chi connectivity index (χ4v) is 3.14. The number of nitrogens with zero attached hydrogens (tertiary/aromatic N) is 2. The zero-order chi connectivity index (χ0) is 13.8. The van der Waals surface area contributed by atoms with E-state index in [-0.39, 0.29) is 0 Å². The minimum atomic E-state index is 0.373. The van der Waals surface area contributed by atoms with E-state index in [1.165, 1.54) is 0 Å². The van der Waals surface area contributed by atoms with Crippen molar-refractivity contribution in [3.05, 3.63) is 44.9 Å². The maximum absolute atomic E-state index is 10.8. The highest BCUT2D eigenvalue weighted by atomic mass is 79.9. The van der Waals surface area contributed by atoms with Crippen LogP contribution < -0.4 is 4.74 Å². The fourth-order valence-electron chi connectivity index (χ4n) is 1.69. The average molecular weight is 388 g/mol. The van der Waals surface area contributed by atoms with Gasteiger partial charge in [-0.05, 0) is 50.9 Å². The van der Waals surface area contributed by atoms with E-state index in [9.17, 15) is 4.79 Å². The molecule has 4 nitrogen and oxygen atoms in total. The largest absolute Gasteiger partial charge is 0.483 e. The zero-order valence-corrected chi connectivity index (χ0v) is 13.4. The van der Waals surface area contributed by atoms with Gasteiger partial charge in [0.15, 0.2) is 0 Å². The number of ether oxygens (including phenoxy) is 1. The predicted octanol–water partition coefficient (Wildman–Crippen LogP) is 3.82. The first-order valence-corrected chi connectivity index (χ1v) is 7.31. The Morgan fingerprint density at radius 2 is 2.05 bits per heavy atom. The van der Waals surface area contributed by atoms with Crippen LogP contribution in [0.25, 0.3) is 0 Å². The van der Waals surface area contributed by atoms with Crippen LogP contribution in [0.2, 0.25) is 0 Å². The molecule has 0 spiro atoms. The number of benzene rings is 1. The van der Waals surface area contributed by atoms with E-state index in [0.717, 1.165) is 27.6 Å². The molecule has 2 aromatic rings. The number of hydrogen-bond acceptors (Lipinski definition) is 3. The minimum absolute atomic E-state index is 0.373. The van der Waals surface area contributed by atoms with Crippen molar-refractivity contribution in [3.8, 4) is 5.75 Å². The summed E-state index contributed by atoms with van der Waals surface area (Å²) in [5.74, 6) is 1.53. The molecule has 0 bridgehead atoms. The Balaban J connectivity index is 2.18. The Kier molecular flexibility index (Phi) is 4.76. The van der Waals surface area contributed by atoms with Crippen LogP contribution in [0.4, 0.5) is 0 Å². The number of aromatic nitrogens is 2. The lowest BCUT2D eigenvalue weighted by atomic mass is 10.2. The van der Waals surface area contributed by atoms with E-state index in [2.05, 4.69) is 43.8 Å². The molecule has 1 aromatic carbocycles. The number of aldehydes is 1. The number of imidazole rings is 1. The lowest BCUT2D eigenvalue weighted by Crippen LogP contribution is -2.06. The summed E-state index contributed by atoms with van der Waals surface area (Å²) in [5.41, 5.74) is 0.584. The molecule has 0 atom stereocenters. The summed E-state index contributed by atoms with van der Waals surface area (Å²) < 4.78 is 9.25. The third kappa shape index (κ3) is 3.25.